The predicted octanol–water partition coefficient (Wildman–Crippen LogP) is 4.81. The fourth-order valence-electron chi connectivity index (χ4n) is 3.24. The molecule has 0 aliphatic rings. The summed E-state index contributed by atoms with van der Waals surface area (Å²) in [6, 6.07) is 14.4. The number of hydrogen-bond acceptors (Lipinski definition) is 3. The predicted molar refractivity (Wildman–Crippen MR) is 113 cm³/mol. The smallest absolute Gasteiger partial charge is 0.287 e. The second kappa shape index (κ2) is 8.59. The van der Waals surface area contributed by atoms with Crippen LogP contribution in [0.15, 0.2) is 46.9 Å². The Balaban J connectivity index is 0.00000261. The fraction of sp³-hybridized carbons (Fsp3) is 0.318. The van der Waals surface area contributed by atoms with Crippen LogP contribution in [0.1, 0.15) is 38.9 Å². The molecule has 1 heterocycles. The molecule has 3 aromatic rings. The van der Waals surface area contributed by atoms with Gasteiger partial charge in [0.2, 0.25) is 0 Å². The molecule has 1 amide bonds. The number of nitrogens with one attached hydrogen (secondary N) is 1. The van der Waals surface area contributed by atoms with Crippen LogP contribution in [0.2, 0.25) is 0 Å². The second-order valence-corrected chi connectivity index (χ2v) is 7.09. The molecule has 5 heteroatoms. The van der Waals surface area contributed by atoms with E-state index in [4.69, 9.17) is 4.42 Å². The van der Waals surface area contributed by atoms with Crippen LogP contribution in [0, 0.1) is 20.8 Å². The molecule has 1 unspecified atom stereocenters. The molecule has 0 saturated heterocycles. The van der Waals surface area contributed by atoms with Crippen molar-refractivity contribution in [1.29, 1.82) is 0 Å². The Morgan fingerprint density at radius 2 is 1.70 bits per heavy atom. The first kappa shape index (κ1) is 21.0. The van der Waals surface area contributed by atoms with E-state index in [0.717, 1.165) is 22.1 Å². The average Bonchev–Trinajstić information content (AvgIpc) is 2.92. The zero-order valence-electron chi connectivity index (χ0n) is 16.5. The van der Waals surface area contributed by atoms with Crippen LogP contribution < -0.4 is 5.32 Å². The molecule has 0 aliphatic carbocycles. The normalized spacial score (nSPS) is 12.1. The Kier molecular flexibility index (Phi) is 6.68. The van der Waals surface area contributed by atoms with Crippen molar-refractivity contribution in [3.8, 4) is 0 Å². The number of benzene rings is 2. The molecule has 27 heavy (non-hydrogen) atoms. The first-order valence-electron chi connectivity index (χ1n) is 8.88. The molecule has 0 aliphatic heterocycles. The van der Waals surface area contributed by atoms with Gasteiger partial charge >= 0.3 is 0 Å². The van der Waals surface area contributed by atoms with Gasteiger partial charge in [0.1, 0.15) is 5.58 Å². The molecule has 0 fully saturated rings. The number of carbonyl (C=O) groups excluding carboxylic acids is 1. The lowest BCUT2D eigenvalue weighted by atomic mass is 10.0. The van der Waals surface area contributed by atoms with Crippen LogP contribution in [0.3, 0.4) is 0 Å². The number of halogens is 1. The van der Waals surface area contributed by atoms with E-state index in [0.29, 0.717) is 12.3 Å². The third kappa shape index (κ3) is 4.34. The maximum atomic E-state index is 12.7. The van der Waals surface area contributed by atoms with Crippen molar-refractivity contribution >= 4 is 29.3 Å². The molecular formula is C22H27ClN2O2. The molecule has 4 nitrogen and oxygen atoms in total. The van der Waals surface area contributed by atoms with Crippen molar-refractivity contribution < 1.29 is 9.21 Å². The van der Waals surface area contributed by atoms with E-state index < -0.39 is 0 Å². The van der Waals surface area contributed by atoms with Gasteiger partial charge < -0.3 is 14.6 Å². The van der Waals surface area contributed by atoms with Crippen molar-refractivity contribution in [3.63, 3.8) is 0 Å². The Bertz CT molecular complexity index is 932. The van der Waals surface area contributed by atoms with Crippen LogP contribution in [-0.2, 0) is 0 Å². The fourth-order valence-corrected chi connectivity index (χ4v) is 3.24. The summed E-state index contributed by atoms with van der Waals surface area (Å²) < 4.78 is 5.87. The average molecular weight is 387 g/mol. The van der Waals surface area contributed by atoms with Gasteiger partial charge in [0.05, 0.1) is 6.04 Å². The Morgan fingerprint density at radius 1 is 1.07 bits per heavy atom. The molecule has 1 N–H and O–H groups in total. The number of nitrogens with zero attached hydrogens (tertiary/aromatic N) is 1. The van der Waals surface area contributed by atoms with E-state index in [1.807, 2.05) is 52.2 Å². The SMILES string of the molecule is Cc1cc2oc(C(=O)NCC(c3ccccc3)N(C)C)c(C)c2cc1C.Cl. The standard InChI is InChI=1S/C22H26N2O2.ClH/c1-14-11-18-16(3)21(26-20(18)12-15(14)2)22(25)23-13-19(24(4)5)17-9-7-6-8-10-17;/h6-12,19H,13H2,1-5H3,(H,23,25);1H. The van der Waals surface area contributed by atoms with E-state index >= 15 is 0 Å². The Hall–Kier alpha value is -2.30. The topological polar surface area (TPSA) is 45.5 Å². The monoisotopic (exact) mass is 386 g/mol. The van der Waals surface area contributed by atoms with Crippen LogP contribution in [-0.4, -0.2) is 31.4 Å². The van der Waals surface area contributed by atoms with Gasteiger partial charge in [0.25, 0.3) is 5.91 Å². The number of hydrogen-bond donors (Lipinski definition) is 1. The minimum Gasteiger partial charge on any atom is -0.451 e. The highest BCUT2D eigenvalue weighted by molar-refractivity contribution is 5.99. The number of rotatable bonds is 5. The van der Waals surface area contributed by atoms with Crippen LogP contribution >= 0.6 is 12.4 Å². The number of carbonyl (C=O) groups is 1. The molecule has 1 atom stereocenters. The third-order valence-electron chi connectivity index (χ3n) is 5.02. The van der Waals surface area contributed by atoms with E-state index in [1.54, 1.807) is 0 Å². The molecule has 3 rings (SSSR count). The maximum absolute atomic E-state index is 12.7. The number of aryl methyl sites for hydroxylation is 3. The van der Waals surface area contributed by atoms with E-state index in [-0.39, 0.29) is 24.4 Å². The lowest BCUT2D eigenvalue weighted by Gasteiger charge is -2.25. The maximum Gasteiger partial charge on any atom is 0.287 e. The molecule has 0 saturated carbocycles. The van der Waals surface area contributed by atoms with Crippen molar-refractivity contribution in [3.05, 3.63) is 70.5 Å². The molecule has 144 valence electrons. The van der Waals surface area contributed by atoms with E-state index in [9.17, 15) is 4.79 Å². The molecular weight excluding hydrogens is 360 g/mol. The van der Waals surface area contributed by atoms with Gasteiger partial charge in [-0.1, -0.05) is 30.3 Å². The minimum atomic E-state index is -0.170. The quantitative estimate of drug-likeness (QED) is 0.684. The first-order valence-corrected chi connectivity index (χ1v) is 8.88. The summed E-state index contributed by atoms with van der Waals surface area (Å²) in [5.41, 5.74) is 5.19. The van der Waals surface area contributed by atoms with Gasteiger partial charge in [-0.25, -0.2) is 0 Å². The number of furan rings is 1. The summed E-state index contributed by atoms with van der Waals surface area (Å²) in [6.07, 6.45) is 0. The second-order valence-electron chi connectivity index (χ2n) is 7.09. The van der Waals surface area contributed by atoms with Gasteiger partial charge in [-0.2, -0.15) is 0 Å². The van der Waals surface area contributed by atoms with E-state index in [1.165, 1.54) is 11.1 Å². The van der Waals surface area contributed by atoms with Crippen LogP contribution in [0.4, 0.5) is 0 Å². The van der Waals surface area contributed by atoms with Gasteiger partial charge in [-0.15, -0.1) is 12.4 Å². The molecule has 0 bridgehead atoms. The summed E-state index contributed by atoms with van der Waals surface area (Å²) in [4.78, 5) is 14.8. The highest BCUT2D eigenvalue weighted by Crippen LogP contribution is 2.28. The minimum absolute atomic E-state index is 0. The Labute approximate surface area is 167 Å². The van der Waals surface area contributed by atoms with Crippen LogP contribution in [0.5, 0.6) is 0 Å². The lowest BCUT2D eigenvalue weighted by Crippen LogP contribution is -2.34. The number of fused-ring (bicyclic) bond motifs is 1. The third-order valence-corrected chi connectivity index (χ3v) is 5.02. The summed E-state index contributed by atoms with van der Waals surface area (Å²) >= 11 is 0. The van der Waals surface area contributed by atoms with Gasteiger partial charge in [0, 0.05) is 17.5 Å². The molecule has 0 radical (unpaired) electrons. The number of likely N-dealkylation sites (N-methyl/N-ethyl adjacent to an activating group) is 1. The zero-order valence-corrected chi connectivity index (χ0v) is 17.3. The largest absolute Gasteiger partial charge is 0.451 e. The van der Waals surface area contributed by atoms with Gasteiger partial charge in [-0.3, -0.25) is 4.79 Å². The van der Waals surface area contributed by atoms with Crippen molar-refractivity contribution in [2.75, 3.05) is 20.6 Å². The highest BCUT2D eigenvalue weighted by atomic mass is 35.5. The zero-order chi connectivity index (χ0) is 18.8. The van der Waals surface area contributed by atoms with Crippen molar-refractivity contribution in [2.24, 2.45) is 0 Å². The summed E-state index contributed by atoms with van der Waals surface area (Å²) in [6.45, 7) is 6.58. The first-order chi connectivity index (χ1) is 12.4. The van der Waals surface area contributed by atoms with Gasteiger partial charge in [-0.05, 0) is 63.7 Å². The van der Waals surface area contributed by atoms with Crippen molar-refractivity contribution in [1.82, 2.24) is 10.2 Å². The highest BCUT2D eigenvalue weighted by Gasteiger charge is 2.20. The van der Waals surface area contributed by atoms with Crippen LogP contribution in [0.25, 0.3) is 11.0 Å². The Morgan fingerprint density at radius 3 is 2.33 bits per heavy atom. The van der Waals surface area contributed by atoms with Gasteiger partial charge in [0.15, 0.2) is 5.76 Å². The lowest BCUT2D eigenvalue weighted by molar-refractivity contribution is 0.0915. The number of amides is 1. The summed E-state index contributed by atoms with van der Waals surface area (Å²) in [5.74, 6) is 0.229. The summed E-state index contributed by atoms with van der Waals surface area (Å²) in [5, 5.41) is 4.04. The van der Waals surface area contributed by atoms with Crippen molar-refractivity contribution in [2.45, 2.75) is 26.8 Å². The van der Waals surface area contributed by atoms with E-state index in [2.05, 4.69) is 35.3 Å². The summed E-state index contributed by atoms with van der Waals surface area (Å²) in [7, 11) is 4.03. The molecule has 2 aromatic carbocycles. The molecule has 0 spiro atoms. The molecule has 1 aromatic heterocycles.